The monoisotopic (exact) mass is 245 g/mol. The molecule has 18 heavy (non-hydrogen) atoms. The van der Waals surface area contributed by atoms with E-state index in [4.69, 9.17) is 0 Å². The van der Waals surface area contributed by atoms with Crippen molar-refractivity contribution in [2.75, 3.05) is 10.6 Å². The first-order valence-corrected chi connectivity index (χ1v) is 5.23. The number of hydrogen-bond acceptors (Lipinski definition) is 4. The first-order chi connectivity index (χ1) is 8.65. The van der Waals surface area contributed by atoms with E-state index >= 15 is 0 Å². The molecule has 0 saturated heterocycles. The van der Waals surface area contributed by atoms with Crippen LogP contribution in [0.5, 0.6) is 0 Å². The number of nitrogens with zero attached hydrogens (tertiary/aromatic N) is 1. The standard InChI is InChI=1S/C12H11N3O3/c1-8(16)9-2-4-10(5-3-9)14-12(17)15-11-6-13-18-7-11/h2-7H,1H3,(H2,14,15,17). The van der Waals surface area contributed by atoms with Crippen LogP contribution in [-0.4, -0.2) is 17.0 Å². The van der Waals surface area contributed by atoms with Crippen LogP contribution in [0.3, 0.4) is 0 Å². The summed E-state index contributed by atoms with van der Waals surface area (Å²) in [5.41, 5.74) is 1.65. The number of rotatable bonds is 3. The number of amides is 2. The van der Waals surface area contributed by atoms with Gasteiger partial charge in [-0.05, 0) is 31.2 Å². The van der Waals surface area contributed by atoms with Crippen LogP contribution in [0.1, 0.15) is 17.3 Å². The first kappa shape index (κ1) is 11.8. The molecule has 2 N–H and O–H groups in total. The van der Waals surface area contributed by atoms with Gasteiger partial charge in [-0.1, -0.05) is 5.16 Å². The molecule has 0 aliphatic carbocycles. The Morgan fingerprint density at radius 2 is 1.78 bits per heavy atom. The van der Waals surface area contributed by atoms with Crippen molar-refractivity contribution in [2.24, 2.45) is 0 Å². The molecule has 6 nitrogen and oxygen atoms in total. The molecule has 0 unspecified atom stereocenters. The molecule has 92 valence electrons. The molecule has 2 aromatic rings. The number of Topliss-reactive ketones (excluding diaryl/α,β-unsaturated/α-hetero) is 1. The van der Waals surface area contributed by atoms with Crippen molar-refractivity contribution in [1.29, 1.82) is 0 Å². The third kappa shape index (κ3) is 2.94. The SMILES string of the molecule is CC(=O)c1ccc(NC(=O)Nc2cnoc2)cc1. The summed E-state index contributed by atoms with van der Waals surface area (Å²) in [6.07, 6.45) is 2.71. The quantitative estimate of drug-likeness (QED) is 0.814. The number of anilines is 2. The number of nitrogens with one attached hydrogen (secondary N) is 2. The van der Waals surface area contributed by atoms with Crippen LogP contribution in [0.25, 0.3) is 0 Å². The summed E-state index contributed by atoms with van der Waals surface area (Å²) in [6.45, 7) is 1.49. The highest BCUT2D eigenvalue weighted by Gasteiger charge is 2.04. The lowest BCUT2D eigenvalue weighted by Gasteiger charge is -2.05. The second kappa shape index (κ2) is 5.13. The van der Waals surface area contributed by atoms with Gasteiger partial charge in [-0.3, -0.25) is 4.79 Å². The Morgan fingerprint density at radius 3 is 2.33 bits per heavy atom. The van der Waals surface area contributed by atoms with Crippen molar-refractivity contribution in [1.82, 2.24) is 5.16 Å². The summed E-state index contributed by atoms with van der Waals surface area (Å²) in [5.74, 6) is -0.0181. The fourth-order valence-electron chi connectivity index (χ4n) is 1.35. The first-order valence-electron chi connectivity index (χ1n) is 5.23. The zero-order chi connectivity index (χ0) is 13.0. The maximum atomic E-state index is 11.5. The molecule has 0 atom stereocenters. The minimum Gasteiger partial charge on any atom is -0.363 e. The lowest BCUT2D eigenvalue weighted by Crippen LogP contribution is -2.19. The van der Waals surface area contributed by atoms with E-state index in [0.717, 1.165) is 0 Å². The molecule has 0 bridgehead atoms. The topological polar surface area (TPSA) is 84.2 Å². The highest BCUT2D eigenvalue weighted by Crippen LogP contribution is 2.11. The summed E-state index contributed by atoms with van der Waals surface area (Å²) in [6, 6.07) is 6.21. The van der Waals surface area contributed by atoms with Gasteiger partial charge in [0, 0.05) is 11.3 Å². The van der Waals surface area contributed by atoms with E-state index in [2.05, 4.69) is 20.3 Å². The van der Waals surface area contributed by atoms with Crippen molar-refractivity contribution in [3.8, 4) is 0 Å². The van der Waals surface area contributed by atoms with Gasteiger partial charge in [0.2, 0.25) is 0 Å². The van der Waals surface area contributed by atoms with Gasteiger partial charge in [0.1, 0.15) is 12.0 Å². The predicted octanol–water partition coefficient (Wildman–Crippen LogP) is 2.52. The van der Waals surface area contributed by atoms with Crippen molar-refractivity contribution in [2.45, 2.75) is 6.92 Å². The maximum Gasteiger partial charge on any atom is 0.323 e. The third-order valence-electron chi connectivity index (χ3n) is 2.24. The smallest absolute Gasteiger partial charge is 0.323 e. The Labute approximate surface area is 103 Å². The number of ketones is 1. The van der Waals surface area contributed by atoms with Crippen molar-refractivity contribution in [3.05, 3.63) is 42.3 Å². The average molecular weight is 245 g/mol. The van der Waals surface area contributed by atoms with Gasteiger partial charge in [0.05, 0.1) is 6.20 Å². The minimum absolute atomic E-state index is 0.0181. The highest BCUT2D eigenvalue weighted by molar-refractivity contribution is 6.00. The molecule has 2 rings (SSSR count). The number of urea groups is 1. The lowest BCUT2D eigenvalue weighted by molar-refractivity contribution is 0.101. The number of hydrogen-bond donors (Lipinski definition) is 2. The molecule has 0 fully saturated rings. The molecule has 0 aliphatic heterocycles. The fourth-order valence-corrected chi connectivity index (χ4v) is 1.35. The molecule has 0 aliphatic rings. The Kier molecular flexibility index (Phi) is 3.38. The van der Waals surface area contributed by atoms with Gasteiger partial charge in [-0.2, -0.15) is 0 Å². The number of carbonyl (C=O) groups is 2. The maximum absolute atomic E-state index is 11.5. The van der Waals surface area contributed by atoms with Gasteiger partial charge in [-0.25, -0.2) is 4.79 Å². The van der Waals surface area contributed by atoms with E-state index in [1.165, 1.54) is 19.4 Å². The van der Waals surface area contributed by atoms with Crippen molar-refractivity contribution < 1.29 is 14.1 Å². The van der Waals surface area contributed by atoms with Gasteiger partial charge >= 0.3 is 6.03 Å². The summed E-state index contributed by atoms with van der Waals surface area (Å²) in [7, 11) is 0. The van der Waals surface area contributed by atoms with Gasteiger partial charge in [0.15, 0.2) is 5.78 Å². The molecule has 0 radical (unpaired) electrons. The molecule has 2 amide bonds. The molecule has 1 heterocycles. The molecule has 0 saturated carbocycles. The Morgan fingerprint density at radius 1 is 1.11 bits per heavy atom. The normalized spacial score (nSPS) is 9.83. The summed E-state index contributed by atoms with van der Waals surface area (Å²) < 4.78 is 4.58. The van der Waals surface area contributed by atoms with E-state index in [1.54, 1.807) is 24.3 Å². The van der Waals surface area contributed by atoms with E-state index < -0.39 is 6.03 Å². The van der Waals surface area contributed by atoms with E-state index in [-0.39, 0.29) is 5.78 Å². The lowest BCUT2D eigenvalue weighted by atomic mass is 10.1. The van der Waals surface area contributed by atoms with Crippen LogP contribution in [0.2, 0.25) is 0 Å². The predicted molar refractivity (Wildman–Crippen MR) is 65.6 cm³/mol. The fraction of sp³-hybridized carbons (Fsp3) is 0.0833. The average Bonchev–Trinajstić information content (AvgIpc) is 2.82. The minimum atomic E-state index is -0.409. The zero-order valence-electron chi connectivity index (χ0n) is 9.64. The van der Waals surface area contributed by atoms with Gasteiger partial charge < -0.3 is 15.2 Å². The van der Waals surface area contributed by atoms with Crippen LogP contribution < -0.4 is 10.6 Å². The van der Waals surface area contributed by atoms with Crippen LogP contribution in [0, 0.1) is 0 Å². The molecule has 0 spiro atoms. The van der Waals surface area contributed by atoms with Crippen LogP contribution in [-0.2, 0) is 0 Å². The Hall–Kier alpha value is -2.63. The van der Waals surface area contributed by atoms with Crippen LogP contribution >= 0.6 is 0 Å². The summed E-state index contributed by atoms with van der Waals surface area (Å²) >= 11 is 0. The Balaban J connectivity index is 1.97. The summed E-state index contributed by atoms with van der Waals surface area (Å²) in [4.78, 5) is 22.6. The highest BCUT2D eigenvalue weighted by atomic mass is 16.5. The third-order valence-corrected chi connectivity index (χ3v) is 2.24. The van der Waals surface area contributed by atoms with E-state index in [9.17, 15) is 9.59 Å². The van der Waals surface area contributed by atoms with E-state index in [1.807, 2.05) is 0 Å². The van der Waals surface area contributed by atoms with Crippen LogP contribution in [0.4, 0.5) is 16.2 Å². The zero-order valence-corrected chi connectivity index (χ0v) is 9.64. The van der Waals surface area contributed by atoms with Crippen LogP contribution in [0.15, 0.2) is 41.2 Å². The molecule has 1 aromatic carbocycles. The second-order valence-electron chi connectivity index (χ2n) is 3.63. The number of carbonyl (C=O) groups excluding carboxylic acids is 2. The number of aromatic nitrogens is 1. The van der Waals surface area contributed by atoms with Crippen molar-refractivity contribution in [3.63, 3.8) is 0 Å². The molecular formula is C12H11N3O3. The Bertz CT molecular complexity index is 546. The number of benzene rings is 1. The molecule has 1 aromatic heterocycles. The molecule has 6 heteroatoms. The summed E-state index contributed by atoms with van der Waals surface area (Å²) in [5, 5.41) is 8.61. The van der Waals surface area contributed by atoms with Gasteiger partial charge in [0.25, 0.3) is 0 Å². The second-order valence-corrected chi connectivity index (χ2v) is 3.63. The largest absolute Gasteiger partial charge is 0.363 e. The van der Waals surface area contributed by atoms with Gasteiger partial charge in [-0.15, -0.1) is 0 Å². The van der Waals surface area contributed by atoms with E-state index in [0.29, 0.717) is 16.9 Å². The van der Waals surface area contributed by atoms with Crippen molar-refractivity contribution >= 4 is 23.2 Å². The molecular weight excluding hydrogens is 234 g/mol.